The molecular weight excluding hydrogens is 454 g/mol. The Morgan fingerprint density at radius 1 is 1.12 bits per heavy atom. The quantitative estimate of drug-likeness (QED) is 0.589. The molecule has 0 fully saturated rings. The predicted molar refractivity (Wildman–Crippen MR) is 124 cm³/mol. The molecule has 0 radical (unpaired) electrons. The van der Waals surface area contributed by atoms with Crippen LogP contribution in [-0.2, 0) is 21.4 Å². The van der Waals surface area contributed by atoms with Crippen LogP contribution in [0.15, 0.2) is 41.3 Å². The second kappa shape index (κ2) is 10.1. The van der Waals surface area contributed by atoms with Crippen LogP contribution in [0.25, 0.3) is 0 Å². The number of rotatable bonds is 9. The molecule has 0 bridgehead atoms. The van der Waals surface area contributed by atoms with Crippen LogP contribution in [0.1, 0.15) is 26.3 Å². The van der Waals surface area contributed by atoms with Gasteiger partial charge in [-0.05, 0) is 49.9 Å². The number of sulfonamides is 1. The highest BCUT2D eigenvalue weighted by atomic mass is 35.5. The molecule has 0 aromatic heterocycles. The van der Waals surface area contributed by atoms with Gasteiger partial charge in [0.25, 0.3) is 0 Å². The van der Waals surface area contributed by atoms with Gasteiger partial charge in [-0.2, -0.15) is 4.31 Å². The van der Waals surface area contributed by atoms with E-state index in [1.165, 1.54) is 22.5 Å². The van der Waals surface area contributed by atoms with Crippen molar-refractivity contribution in [2.24, 2.45) is 0 Å². The number of carbonyl (C=O) groups is 1. The summed E-state index contributed by atoms with van der Waals surface area (Å²) in [4.78, 5) is 14.8. The van der Waals surface area contributed by atoms with Gasteiger partial charge in [0, 0.05) is 19.6 Å². The topological polar surface area (TPSA) is 88.2 Å². The minimum Gasteiger partial charge on any atom is -0.454 e. The van der Waals surface area contributed by atoms with Gasteiger partial charge in [-0.25, -0.2) is 8.42 Å². The van der Waals surface area contributed by atoms with Crippen LogP contribution in [0.4, 0.5) is 5.69 Å². The summed E-state index contributed by atoms with van der Waals surface area (Å²) in [5, 5.41) is 3.03. The standard InChI is InChI=1S/C22H28ClN3O5S/c1-5-26(6-2)32(28,29)17-8-9-18(23)19(12-17)24-22(27)15(3)25(4)13-16-7-10-20-21(11-16)31-14-30-20/h7-12,15H,5-6,13-14H2,1-4H3,(H,24,27)/t15-/m0/s1. The maximum Gasteiger partial charge on any atom is 0.243 e. The molecule has 2 aromatic rings. The summed E-state index contributed by atoms with van der Waals surface area (Å²) in [6.07, 6.45) is 0. The van der Waals surface area contributed by atoms with Crippen LogP contribution in [-0.4, -0.2) is 56.5 Å². The molecule has 10 heteroatoms. The molecule has 1 aliphatic heterocycles. The lowest BCUT2D eigenvalue weighted by Crippen LogP contribution is -2.39. The van der Waals surface area contributed by atoms with Crippen LogP contribution >= 0.6 is 11.6 Å². The van der Waals surface area contributed by atoms with E-state index in [0.29, 0.717) is 31.1 Å². The van der Waals surface area contributed by atoms with Crippen LogP contribution in [0, 0.1) is 0 Å². The van der Waals surface area contributed by atoms with Gasteiger partial charge >= 0.3 is 0 Å². The van der Waals surface area contributed by atoms with Crippen LogP contribution in [0.2, 0.25) is 5.02 Å². The van der Waals surface area contributed by atoms with Crippen molar-refractivity contribution in [3.63, 3.8) is 0 Å². The number of carbonyl (C=O) groups excluding carboxylic acids is 1. The average Bonchev–Trinajstić information content (AvgIpc) is 3.23. The Labute approximate surface area is 194 Å². The molecule has 1 heterocycles. The second-order valence-electron chi connectivity index (χ2n) is 7.50. The van der Waals surface area contributed by atoms with Crippen molar-refractivity contribution in [2.75, 3.05) is 32.2 Å². The molecule has 0 saturated carbocycles. The molecule has 1 aliphatic rings. The maximum atomic E-state index is 12.9. The summed E-state index contributed by atoms with van der Waals surface area (Å²) >= 11 is 6.24. The number of anilines is 1. The Morgan fingerprint density at radius 2 is 1.81 bits per heavy atom. The minimum absolute atomic E-state index is 0.0854. The lowest BCUT2D eigenvalue weighted by Gasteiger charge is -2.24. The fourth-order valence-corrected chi connectivity index (χ4v) is 5.02. The van der Waals surface area contributed by atoms with Crippen LogP contribution in [0.3, 0.4) is 0 Å². The first kappa shape index (κ1) is 24.3. The molecular formula is C22H28ClN3O5S. The number of nitrogens with zero attached hydrogens (tertiary/aromatic N) is 2. The van der Waals surface area contributed by atoms with Crippen molar-refractivity contribution in [2.45, 2.75) is 38.3 Å². The van der Waals surface area contributed by atoms with Gasteiger partial charge in [0.2, 0.25) is 22.7 Å². The summed E-state index contributed by atoms with van der Waals surface area (Å²) in [6, 6.07) is 9.49. The van der Waals surface area contributed by atoms with Crippen molar-refractivity contribution in [1.29, 1.82) is 0 Å². The highest BCUT2D eigenvalue weighted by Gasteiger charge is 2.24. The Kier molecular flexibility index (Phi) is 7.66. The van der Waals surface area contributed by atoms with Crippen LogP contribution < -0.4 is 14.8 Å². The molecule has 2 aromatic carbocycles. The Bertz CT molecular complexity index is 1090. The summed E-state index contributed by atoms with van der Waals surface area (Å²) in [7, 11) is -1.84. The van der Waals surface area contributed by atoms with Crippen LogP contribution in [0.5, 0.6) is 11.5 Å². The number of fused-ring (bicyclic) bond motifs is 1. The van der Waals surface area contributed by atoms with E-state index in [1.54, 1.807) is 20.8 Å². The normalized spacial score (nSPS) is 14.1. The molecule has 0 unspecified atom stereocenters. The molecule has 3 rings (SSSR count). The largest absolute Gasteiger partial charge is 0.454 e. The molecule has 32 heavy (non-hydrogen) atoms. The SMILES string of the molecule is CCN(CC)S(=O)(=O)c1ccc(Cl)c(NC(=O)[C@H](C)N(C)Cc2ccc3c(c2)OCO3)c1. The predicted octanol–water partition coefficient (Wildman–Crippen LogP) is 3.56. The molecule has 0 spiro atoms. The number of hydrogen-bond donors (Lipinski definition) is 1. The van der Waals surface area contributed by atoms with E-state index in [1.807, 2.05) is 30.1 Å². The fourth-order valence-electron chi connectivity index (χ4n) is 3.37. The average molecular weight is 482 g/mol. The maximum absolute atomic E-state index is 12.9. The van der Waals surface area contributed by atoms with Crippen molar-refractivity contribution >= 4 is 33.2 Å². The van der Waals surface area contributed by atoms with Gasteiger partial charge < -0.3 is 14.8 Å². The zero-order chi connectivity index (χ0) is 23.5. The lowest BCUT2D eigenvalue weighted by atomic mass is 10.1. The number of ether oxygens (including phenoxy) is 2. The minimum atomic E-state index is -3.67. The zero-order valence-electron chi connectivity index (χ0n) is 18.6. The summed E-state index contributed by atoms with van der Waals surface area (Å²) in [5.41, 5.74) is 1.23. The molecule has 0 saturated heterocycles. The summed E-state index contributed by atoms with van der Waals surface area (Å²) in [5.74, 6) is 1.09. The number of nitrogens with one attached hydrogen (secondary N) is 1. The molecule has 1 atom stereocenters. The van der Waals surface area contributed by atoms with Crippen molar-refractivity contribution in [3.8, 4) is 11.5 Å². The Morgan fingerprint density at radius 3 is 2.50 bits per heavy atom. The Balaban J connectivity index is 1.71. The third kappa shape index (κ3) is 5.17. The van der Waals surface area contributed by atoms with E-state index in [-0.39, 0.29) is 28.3 Å². The van der Waals surface area contributed by atoms with Crippen molar-refractivity contribution in [3.05, 3.63) is 47.0 Å². The Hall–Kier alpha value is -2.33. The molecule has 8 nitrogen and oxygen atoms in total. The van der Waals surface area contributed by atoms with Gasteiger partial charge in [-0.3, -0.25) is 9.69 Å². The van der Waals surface area contributed by atoms with E-state index in [4.69, 9.17) is 21.1 Å². The number of amides is 1. The first-order valence-electron chi connectivity index (χ1n) is 10.4. The monoisotopic (exact) mass is 481 g/mol. The number of likely N-dealkylation sites (N-methyl/N-ethyl adjacent to an activating group) is 1. The van der Waals surface area contributed by atoms with Crippen molar-refractivity contribution in [1.82, 2.24) is 9.21 Å². The molecule has 1 N–H and O–H groups in total. The molecule has 1 amide bonds. The van der Waals surface area contributed by atoms with Crippen molar-refractivity contribution < 1.29 is 22.7 Å². The van der Waals surface area contributed by atoms with E-state index in [9.17, 15) is 13.2 Å². The third-order valence-corrected chi connectivity index (χ3v) is 7.82. The van der Waals surface area contributed by atoms with Gasteiger partial charge in [0.15, 0.2) is 11.5 Å². The van der Waals surface area contributed by atoms with E-state index in [2.05, 4.69) is 5.32 Å². The van der Waals surface area contributed by atoms with Gasteiger partial charge in [-0.15, -0.1) is 0 Å². The number of hydrogen-bond acceptors (Lipinski definition) is 6. The number of halogens is 1. The second-order valence-corrected chi connectivity index (χ2v) is 9.84. The third-order valence-electron chi connectivity index (χ3n) is 5.45. The van der Waals surface area contributed by atoms with E-state index < -0.39 is 16.1 Å². The first-order chi connectivity index (χ1) is 15.2. The highest BCUT2D eigenvalue weighted by molar-refractivity contribution is 7.89. The number of benzene rings is 2. The lowest BCUT2D eigenvalue weighted by molar-refractivity contribution is -0.120. The summed E-state index contributed by atoms with van der Waals surface area (Å²) in [6.45, 7) is 6.74. The zero-order valence-corrected chi connectivity index (χ0v) is 20.2. The summed E-state index contributed by atoms with van der Waals surface area (Å²) < 4.78 is 37.7. The fraction of sp³-hybridized carbons (Fsp3) is 0.409. The van der Waals surface area contributed by atoms with Gasteiger partial charge in [0.05, 0.1) is 21.6 Å². The smallest absolute Gasteiger partial charge is 0.243 e. The highest BCUT2D eigenvalue weighted by Crippen LogP contribution is 2.33. The van der Waals surface area contributed by atoms with Gasteiger partial charge in [0.1, 0.15) is 0 Å². The first-order valence-corrected chi connectivity index (χ1v) is 12.2. The van der Waals surface area contributed by atoms with E-state index in [0.717, 1.165) is 5.56 Å². The van der Waals surface area contributed by atoms with Gasteiger partial charge in [-0.1, -0.05) is 31.5 Å². The molecule has 0 aliphatic carbocycles. The molecule has 174 valence electrons. The van der Waals surface area contributed by atoms with E-state index >= 15 is 0 Å².